The minimum atomic E-state index is 0.953. The maximum absolute atomic E-state index is 3.20. The number of nitrogens with one attached hydrogen (secondary N) is 1. The van der Waals surface area contributed by atoms with Crippen molar-refractivity contribution in [3.05, 3.63) is 0 Å². The van der Waals surface area contributed by atoms with Crippen molar-refractivity contribution >= 4 is 0 Å². The quantitative estimate of drug-likeness (QED) is 0.579. The fourth-order valence-electron chi connectivity index (χ4n) is 1.82. The van der Waals surface area contributed by atoms with Crippen molar-refractivity contribution in [2.45, 2.75) is 45.1 Å². The number of hydrogen-bond donors (Lipinski definition) is 1. The van der Waals surface area contributed by atoms with Gasteiger partial charge in [0.2, 0.25) is 0 Å². The van der Waals surface area contributed by atoms with Crippen LogP contribution in [0.15, 0.2) is 0 Å². The Balaban J connectivity index is 2.00. The van der Waals surface area contributed by atoms with E-state index >= 15 is 0 Å². The molecule has 1 aliphatic carbocycles. The lowest BCUT2D eigenvalue weighted by Crippen LogP contribution is -2.28. The fourth-order valence-corrected chi connectivity index (χ4v) is 1.82. The molecule has 1 fully saturated rings. The Bertz CT molecular complexity index is 121. The van der Waals surface area contributed by atoms with Crippen molar-refractivity contribution in [2.75, 3.05) is 26.7 Å². The van der Waals surface area contributed by atoms with Gasteiger partial charge in [-0.15, -0.1) is 0 Å². The molecule has 1 aliphatic rings. The molecule has 0 amide bonds. The van der Waals surface area contributed by atoms with Gasteiger partial charge in [0.05, 0.1) is 0 Å². The van der Waals surface area contributed by atoms with Crippen molar-refractivity contribution in [3.8, 4) is 0 Å². The molecule has 1 rings (SSSR count). The van der Waals surface area contributed by atoms with Crippen LogP contribution in [0.2, 0.25) is 0 Å². The summed E-state index contributed by atoms with van der Waals surface area (Å²) in [7, 11) is 2.03. The molecule has 2 heteroatoms. The first-order valence-corrected chi connectivity index (χ1v) is 5.77. The van der Waals surface area contributed by atoms with Crippen molar-refractivity contribution in [3.63, 3.8) is 0 Å². The second-order valence-electron chi connectivity index (χ2n) is 4.08. The first kappa shape index (κ1) is 11.0. The molecule has 0 aromatic heterocycles. The number of unbranched alkanes of at least 4 members (excludes halogenated alkanes) is 1. The van der Waals surface area contributed by atoms with Crippen LogP contribution in [0.4, 0.5) is 0 Å². The third-order valence-corrected chi connectivity index (χ3v) is 2.70. The highest BCUT2D eigenvalue weighted by Crippen LogP contribution is 2.26. The third-order valence-electron chi connectivity index (χ3n) is 2.70. The molecule has 0 radical (unpaired) electrons. The van der Waals surface area contributed by atoms with Gasteiger partial charge in [-0.05, 0) is 58.8 Å². The predicted octanol–water partition coefficient (Wildman–Crippen LogP) is 1.86. The monoisotopic (exact) mass is 184 g/mol. The van der Waals surface area contributed by atoms with Gasteiger partial charge in [-0.2, -0.15) is 0 Å². The molecule has 2 nitrogen and oxygen atoms in total. The van der Waals surface area contributed by atoms with Crippen molar-refractivity contribution < 1.29 is 0 Å². The lowest BCUT2D eigenvalue weighted by molar-refractivity contribution is 0.258. The van der Waals surface area contributed by atoms with Gasteiger partial charge in [0.1, 0.15) is 0 Å². The Morgan fingerprint density at radius 2 is 2.00 bits per heavy atom. The topological polar surface area (TPSA) is 15.3 Å². The molecule has 0 spiro atoms. The van der Waals surface area contributed by atoms with Crippen LogP contribution in [0.5, 0.6) is 0 Å². The first-order chi connectivity index (χ1) is 6.38. The number of nitrogens with zero attached hydrogens (tertiary/aromatic N) is 1. The van der Waals surface area contributed by atoms with E-state index < -0.39 is 0 Å². The van der Waals surface area contributed by atoms with Gasteiger partial charge >= 0.3 is 0 Å². The second kappa shape index (κ2) is 6.39. The summed E-state index contributed by atoms with van der Waals surface area (Å²) in [5.74, 6) is 0. The van der Waals surface area contributed by atoms with Gasteiger partial charge in [0.15, 0.2) is 0 Å². The fraction of sp³-hybridized carbons (Fsp3) is 1.00. The summed E-state index contributed by atoms with van der Waals surface area (Å²) in [4.78, 5) is 2.68. The molecule has 13 heavy (non-hydrogen) atoms. The van der Waals surface area contributed by atoms with Gasteiger partial charge in [0.25, 0.3) is 0 Å². The minimum absolute atomic E-state index is 0.953. The SMILES string of the molecule is CCCN(CCCCNC)C1CC1. The average molecular weight is 184 g/mol. The Morgan fingerprint density at radius 1 is 1.23 bits per heavy atom. The van der Waals surface area contributed by atoms with Crippen LogP contribution in [0.25, 0.3) is 0 Å². The van der Waals surface area contributed by atoms with Crippen LogP contribution in [0.1, 0.15) is 39.0 Å². The van der Waals surface area contributed by atoms with E-state index in [4.69, 9.17) is 0 Å². The van der Waals surface area contributed by atoms with Crippen LogP contribution in [-0.2, 0) is 0 Å². The molecule has 78 valence electrons. The minimum Gasteiger partial charge on any atom is -0.320 e. The molecule has 0 heterocycles. The average Bonchev–Trinajstić information content (AvgIpc) is 2.93. The van der Waals surface area contributed by atoms with Gasteiger partial charge in [-0.25, -0.2) is 0 Å². The van der Waals surface area contributed by atoms with Crippen molar-refractivity contribution in [2.24, 2.45) is 0 Å². The summed E-state index contributed by atoms with van der Waals surface area (Å²) >= 11 is 0. The molecule has 0 atom stereocenters. The molecular formula is C11H24N2. The first-order valence-electron chi connectivity index (χ1n) is 5.77. The molecular weight excluding hydrogens is 160 g/mol. The predicted molar refractivity (Wildman–Crippen MR) is 58.0 cm³/mol. The maximum Gasteiger partial charge on any atom is 0.00964 e. The molecule has 1 N–H and O–H groups in total. The Labute approximate surface area is 82.7 Å². The Morgan fingerprint density at radius 3 is 2.54 bits per heavy atom. The summed E-state index contributed by atoms with van der Waals surface area (Å²) in [6.07, 6.45) is 6.89. The van der Waals surface area contributed by atoms with Gasteiger partial charge in [0, 0.05) is 6.04 Å². The zero-order valence-electron chi connectivity index (χ0n) is 9.18. The highest BCUT2D eigenvalue weighted by molar-refractivity contribution is 4.84. The highest BCUT2D eigenvalue weighted by Gasteiger charge is 2.27. The largest absolute Gasteiger partial charge is 0.320 e. The van der Waals surface area contributed by atoms with E-state index in [9.17, 15) is 0 Å². The molecule has 0 bridgehead atoms. The maximum atomic E-state index is 3.20. The second-order valence-corrected chi connectivity index (χ2v) is 4.08. The molecule has 0 aromatic carbocycles. The van der Waals surface area contributed by atoms with E-state index in [1.165, 1.54) is 51.7 Å². The molecule has 0 unspecified atom stereocenters. The molecule has 0 aromatic rings. The highest BCUT2D eigenvalue weighted by atomic mass is 15.2. The molecule has 0 aliphatic heterocycles. The van der Waals surface area contributed by atoms with Crippen LogP contribution in [0.3, 0.4) is 0 Å². The Hall–Kier alpha value is -0.0800. The zero-order chi connectivity index (χ0) is 9.52. The van der Waals surface area contributed by atoms with E-state index in [2.05, 4.69) is 17.1 Å². The van der Waals surface area contributed by atoms with E-state index in [1.54, 1.807) is 0 Å². The van der Waals surface area contributed by atoms with Crippen molar-refractivity contribution in [1.82, 2.24) is 10.2 Å². The summed E-state index contributed by atoms with van der Waals surface area (Å²) in [5.41, 5.74) is 0. The third kappa shape index (κ3) is 4.63. The number of hydrogen-bond acceptors (Lipinski definition) is 2. The summed E-state index contributed by atoms with van der Waals surface area (Å²) in [5, 5.41) is 3.20. The smallest absolute Gasteiger partial charge is 0.00964 e. The van der Waals surface area contributed by atoms with Crippen molar-refractivity contribution in [1.29, 1.82) is 0 Å². The van der Waals surface area contributed by atoms with Gasteiger partial charge in [-0.1, -0.05) is 6.92 Å². The zero-order valence-corrected chi connectivity index (χ0v) is 9.18. The normalized spacial score (nSPS) is 16.8. The van der Waals surface area contributed by atoms with Crippen LogP contribution >= 0.6 is 0 Å². The summed E-state index contributed by atoms with van der Waals surface area (Å²) in [6.45, 7) is 6.08. The molecule has 0 saturated heterocycles. The van der Waals surface area contributed by atoms with E-state index in [1.807, 2.05) is 7.05 Å². The number of rotatable bonds is 8. The van der Waals surface area contributed by atoms with Crippen LogP contribution in [0, 0.1) is 0 Å². The molecule has 1 saturated carbocycles. The van der Waals surface area contributed by atoms with E-state index in [0.29, 0.717) is 0 Å². The van der Waals surface area contributed by atoms with E-state index in [0.717, 1.165) is 6.04 Å². The van der Waals surface area contributed by atoms with Gasteiger partial charge < -0.3 is 10.2 Å². The standard InChI is InChI=1S/C11H24N2/c1-3-9-13(11-6-7-11)10-5-4-8-12-2/h11-12H,3-10H2,1-2H3. The van der Waals surface area contributed by atoms with Crippen LogP contribution in [-0.4, -0.2) is 37.6 Å². The summed E-state index contributed by atoms with van der Waals surface area (Å²) in [6, 6.07) is 0.953. The van der Waals surface area contributed by atoms with Crippen LogP contribution < -0.4 is 5.32 Å². The summed E-state index contributed by atoms with van der Waals surface area (Å²) < 4.78 is 0. The van der Waals surface area contributed by atoms with E-state index in [-0.39, 0.29) is 0 Å². The lowest BCUT2D eigenvalue weighted by Gasteiger charge is -2.20. The lowest BCUT2D eigenvalue weighted by atomic mass is 10.2. The Kier molecular flexibility index (Phi) is 5.40. The van der Waals surface area contributed by atoms with Gasteiger partial charge in [-0.3, -0.25) is 0 Å².